The molecule has 2 aromatic rings. The summed E-state index contributed by atoms with van der Waals surface area (Å²) in [4.78, 5) is 12.5. The molecular weight excluding hydrogens is 308 g/mol. The minimum absolute atomic E-state index is 0.0730. The summed E-state index contributed by atoms with van der Waals surface area (Å²) in [6.07, 6.45) is 0.145. The van der Waals surface area contributed by atoms with E-state index in [9.17, 15) is 13.2 Å². The van der Waals surface area contributed by atoms with Crippen molar-refractivity contribution in [1.29, 1.82) is 0 Å². The lowest BCUT2D eigenvalue weighted by Crippen LogP contribution is -2.24. The molecule has 21 heavy (non-hydrogen) atoms. The Bertz CT molecular complexity index is 734. The van der Waals surface area contributed by atoms with Crippen LogP contribution in [0.3, 0.4) is 0 Å². The normalized spacial score (nSPS) is 11.3. The van der Waals surface area contributed by atoms with Crippen molar-refractivity contribution in [2.24, 2.45) is 5.14 Å². The Hall–Kier alpha value is -1.70. The van der Waals surface area contributed by atoms with E-state index < -0.39 is 10.0 Å². The first-order valence-corrected chi connectivity index (χ1v) is 8.64. The quantitative estimate of drug-likeness (QED) is 0.874. The maximum Gasteiger partial charge on any atom is 0.247 e. The molecule has 0 fully saturated rings. The topological polar surface area (TPSA) is 89.3 Å². The number of carbonyl (C=O) groups is 1. The molecular formula is C14H16N2O3S2. The molecule has 1 amide bonds. The predicted octanol–water partition coefficient (Wildman–Crippen LogP) is 1.56. The van der Waals surface area contributed by atoms with Crippen molar-refractivity contribution in [3.05, 3.63) is 52.4 Å². The predicted molar refractivity (Wildman–Crippen MR) is 82.4 cm³/mol. The van der Waals surface area contributed by atoms with Crippen LogP contribution in [0.1, 0.15) is 16.0 Å². The summed E-state index contributed by atoms with van der Waals surface area (Å²) in [5.74, 6) is -0.154. The Morgan fingerprint density at radius 1 is 1.19 bits per heavy atom. The van der Waals surface area contributed by atoms with Gasteiger partial charge in [0.1, 0.15) is 4.21 Å². The Kier molecular flexibility index (Phi) is 4.76. The fourth-order valence-corrected chi connectivity index (χ4v) is 3.51. The van der Waals surface area contributed by atoms with Crippen LogP contribution < -0.4 is 10.5 Å². The van der Waals surface area contributed by atoms with Crippen LogP contribution in [0, 0.1) is 6.92 Å². The Morgan fingerprint density at radius 3 is 2.43 bits per heavy atom. The van der Waals surface area contributed by atoms with Crippen molar-refractivity contribution in [1.82, 2.24) is 5.32 Å². The number of sulfonamides is 1. The van der Waals surface area contributed by atoms with E-state index in [0.29, 0.717) is 11.4 Å². The van der Waals surface area contributed by atoms with Crippen molar-refractivity contribution in [2.45, 2.75) is 24.1 Å². The van der Waals surface area contributed by atoms with E-state index in [1.165, 1.54) is 11.6 Å². The standard InChI is InChI=1S/C14H16N2O3S2/c1-10-2-4-11(5-3-10)9-16-13(17)8-12-6-7-14(20-12)21(15,18)19/h2-7H,8-9H2,1H3,(H,16,17)(H2,15,18,19). The van der Waals surface area contributed by atoms with Gasteiger partial charge in [0.05, 0.1) is 6.42 Å². The lowest BCUT2D eigenvalue weighted by Gasteiger charge is -2.04. The molecule has 0 aliphatic rings. The summed E-state index contributed by atoms with van der Waals surface area (Å²) in [7, 11) is -3.69. The highest BCUT2D eigenvalue weighted by molar-refractivity contribution is 7.91. The summed E-state index contributed by atoms with van der Waals surface area (Å²) in [5.41, 5.74) is 2.18. The van der Waals surface area contributed by atoms with Gasteiger partial charge in [-0.1, -0.05) is 29.8 Å². The monoisotopic (exact) mass is 324 g/mol. The number of nitrogens with two attached hydrogens (primary N) is 1. The molecule has 3 N–H and O–H groups in total. The zero-order chi connectivity index (χ0) is 15.5. The molecule has 0 spiro atoms. The highest BCUT2D eigenvalue weighted by Crippen LogP contribution is 2.20. The molecule has 0 aliphatic carbocycles. The molecule has 0 unspecified atom stereocenters. The zero-order valence-corrected chi connectivity index (χ0v) is 13.1. The van der Waals surface area contributed by atoms with Gasteiger partial charge in [-0.3, -0.25) is 4.79 Å². The Labute approximate surface area is 127 Å². The van der Waals surface area contributed by atoms with Crippen LogP contribution in [0.5, 0.6) is 0 Å². The summed E-state index contributed by atoms with van der Waals surface area (Å²) in [6.45, 7) is 2.45. The summed E-state index contributed by atoms with van der Waals surface area (Å²) in [6, 6.07) is 10.9. The number of hydrogen-bond donors (Lipinski definition) is 2. The van der Waals surface area contributed by atoms with Gasteiger partial charge >= 0.3 is 0 Å². The van der Waals surface area contributed by atoms with Crippen molar-refractivity contribution in [3.8, 4) is 0 Å². The van der Waals surface area contributed by atoms with Crippen molar-refractivity contribution >= 4 is 27.3 Å². The largest absolute Gasteiger partial charge is 0.352 e. The minimum Gasteiger partial charge on any atom is -0.352 e. The summed E-state index contributed by atoms with van der Waals surface area (Å²) < 4.78 is 22.4. The molecule has 0 bridgehead atoms. The van der Waals surface area contributed by atoms with Crippen LogP contribution in [-0.4, -0.2) is 14.3 Å². The molecule has 2 rings (SSSR count). The number of thiophene rings is 1. The maximum atomic E-state index is 11.8. The SMILES string of the molecule is Cc1ccc(CNC(=O)Cc2ccc(S(N)(=O)=O)s2)cc1. The highest BCUT2D eigenvalue weighted by Gasteiger charge is 2.13. The second kappa shape index (κ2) is 6.38. The average Bonchev–Trinajstić information content (AvgIpc) is 2.86. The number of benzene rings is 1. The first kappa shape index (κ1) is 15.7. The van der Waals surface area contributed by atoms with Gasteiger partial charge in [0.25, 0.3) is 0 Å². The third-order valence-electron chi connectivity index (χ3n) is 2.86. The fraction of sp³-hybridized carbons (Fsp3) is 0.214. The van der Waals surface area contributed by atoms with Gasteiger partial charge in [0, 0.05) is 11.4 Å². The van der Waals surface area contributed by atoms with Crippen LogP contribution in [0.25, 0.3) is 0 Å². The van der Waals surface area contributed by atoms with Crippen molar-refractivity contribution < 1.29 is 13.2 Å². The molecule has 1 aromatic heterocycles. The molecule has 0 atom stereocenters. The smallest absolute Gasteiger partial charge is 0.247 e. The van der Waals surface area contributed by atoms with E-state index in [0.717, 1.165) is 16.9 Å². The van der Waals surface area contributed by atoms with Gasteiger partial charge in [-0.2, -0.15) is 0 Å². The lowest BCUT2D eigenvalue weighted by atomic mass is 10.1. The number of carbonyl (C=O) groups excluding carboxylic acids is 1. The number of aryl methyl sites for hydroxylation is 1. The molecule has 7 heteroatoms. The second-order valence-corrected chi connectivity index (χ2v) is 7.66. The zero-order valence-electron chi connectivity index (χ0n) is 11.5. The molecule has 0 radical (unpaired) electrons. The van der Waals surface area contributed by atoms with Crippen LogP contribution in [0.15, 0.2) is 40.6 Å². The first-order valence-electron chi connectivity index (χ1n) is 6.28. The molecule has 1 heterocycles. The summed E-state index contributed by atoms with van der Waals surface area (Å²) >= 11 is 1.02. The van der Waals surface area contributed by atoms with Gasteiger partial charge in [-0.05, 0) is 24.6 Å². The Morgan fingerprint density at radius 2 is 1.86 bits per heavy atom. The Balaban J connectivity index is 1.90. The van der Waals surface area contributed by atoms with Gasteiger partial charge in [-0.25, -0.2) is 13.6 Å². The number of primary sulfonamides is 1. The molecule has 0 saturated carbocycles. The molecule has 0 saturated heterocycles. The van der Waals surface area contributed by atoms with Gasteiger partial charge < -0.3 is 5.32 Å². The molecule has 1 aromatic carbocycles. The van der Waals surface area contributed by atoms with Gasteiger partial charge in [0.2, 0.25) is 15.9 Å². The summed E-state index contributed by atoms with van der Waals surface area (Å²) in [5, 5.41) is 7.83. The average molecular weight is 324 g/mol. The molecule has 5 nitrogen and oxygen atoms in total. The number of hydrogen-bond acceptors (Lipinski definition) is 4. The lowest BCUT2D eigenvalue weighted by molar-refractivity contribution is -0.120. The van der Waals surface area contributed by atoms with E-state index >= 15 is 0 Å². The van der Waals surface area contributed by atoms with Crippen molar-refractivity contribution in [3.63, 3.8) is 0 Å². The van der Waals surface area contributed by atoms with E-state index in [-0.39, 0.29) is 16.5 Å². The minimum atomic E-state index is -3.69. The number of rotatable bonds is 5. The van der Waals surface area contributed by atoms with E-state index in [1.54, 1.807) is 6.07 Å². The number of amides is 1. The maximum absolute atomic E-state index is 11.8. The third kappa shape index (κ3) is 4.66. The van der Waals surface area contributed by atoms with Crippen LogP contribution in [0.2, 0.25) is 0 Å². The van der Waals surface area contributed by atoms with E-state index in [2.05, 4.69) is 5.32 Å². The first-order chi connectivity index (χ1) is 9.84. The third-order valence-corrected chi connectivity index (χ3v) is 5.39. The van der Waals surface area contributed by atoms with Crippen LogP contribution in [0.4, 0.5) is 0 Å². The molecule has 0 aliphatic heterocycles. The number of nitrogens with one attached hydrogen (secondary N) is 1. The van der Waals surface area contributed by atoms with E-state index in [4.69, 9.17) is 5.14 Å². The fourth-order valence-electron chi connectivity index (χ4n) is 1.73. The van der Waals surface area contributed by atoms with Crippen LogP contribution >= 0.6 is 11.3 Å². The molecule has 112 valence electrons. The highest BCUT2D eigenvalue weighted by atomic mass is 32.2. The second-order valence-electron chi connectivity index (χ2n) is 4.70. The van der Waals surface area contributed by atoms with Gasteiger partial charge in [0.15, 0.2) is 0 Å². The van der Waals surface area contributed by atoms with Crippen LogP contribution in [-0.2, 0) is 27.8 Å². The van der Waals surface area contributed by atoms with E-state index in [1.807, 2.05) is 31.2 Å². The van der Waals surface area contributed by atoms with Gasteiger partial charge in [-0.15, -0.1) is 11.3 Å². The van der Waals surface area contributed by atoms with Crippen molar-refractivity contribution in [2.75, 3.05) is 0 Å².